The van der Waals surface area contributed by atoms with Crippen LogP contribution in [0.1, 0.15) is 19.7 Å². The first-order chi connectivity index (χ1) is 15.4. The maximum atomic E-state index is 12.6. The third-order valence-electron chi connectivity index (χ3n) is 5.80. The zero-order valence-electron chi connectivity index (χ0n) is 18.4. The summed E-state index contributed by atoms with van der Waals surface area (Å²) in [6, 6.07) is 10.7. The van der Waals surface area contributed by atoms with Crippen LogP contribution in [0.3, 0.4) is 0 Å². The van der Waals surface area contributed by atoms with Crippen LogP contribution in [-0.2, 0) is 16.6 Å². The molecule has 2 aromatic heterocycles. The number of pyridine rings is 1. The fourth-order valence-corrected chi connectivity index (χ4v) is 5.39. The summed E-state index contributed by atoms with van der Waals surface area (Å²) in [5.74, 6) is 1.42. The summed E-state index contributed by atoms with van der Waals surface area (Å²) in [7, 11) is -3.50. The van der Waals surface area contributed by atoms with Crippen molar-refractivity contribution in [1.29, 1.82) is 0 Å². The minimum absolute atomic E-state index is 0.117. The number of nitrogens with zero attached hydrogens (tertiary/aromatic N) is 5. The molecular weight excluding hydrogens is 428 g/mol. The van der Waals surface area contributed by atoms with E-state index in [2.05, 4.69) is 24.8 Å². The molecule has 0 saturated carbocycles. The molecule has 170 valence electrons. The van der Waals surface area contributed by atoms with Crippen LogP contribution in [0.15, 0.2) is 52.3 Å². The van der Waals surface area contributed by atoms with Crippen molar-refractivity contribution in [2.24, 2.45) is 0 Å². The van der Waals surface area contributed by atoms with Gasteiger partial charge in [-0.05, 0) is 24.3 Å². The first-order valence-electron chi connectivity index (χ1n) is 10.8. The molecule has 0 spiro atoms. The van der Waals surface area contributed by atoms with Crippen molar-refractivity contribution in [2.45, 2.75) is 25.3 Å². The summed E-state index contributed by atoms with van der Waals surface area (Å²) < 4.78 is 26.7. The largest absolute Gasteiger partial charge is 0.354 e. The highest BCUT2D eigenvalue weighted by atomic mass is 32.2. The van der Waals surface area contributed by atoms with Crippen molar-refractivity contribution < 1.29 is 8.42 Å². The van der Waals surface area contributed by atoms with Crippen molar-refractivity contribution in [2.75, 3.05) is 44.2 Å². The second-order valence-corrected chi connectivity index (χ2v) is 9.67. The number of hydrogen-bond donors (Lipinski definition) is 1. The van der Waals surface area contributed by atoms with Gasteiger partial charge in [0.15, 0.2) is 0 Å². The number of benzene rings is 1. The Balaban J connectivity index is 1.39. The smallest absolute Gasteiger partial charge is 0.258 e. The normalized spacial score (nSPS) is 15.5. The molecule has 1 aliphatic rings. The number of piperazine rings is 1. The predicted octanol–water partition coefficient (Wildman–Crippen LogP) is 1.67. The van der Waals surface area contributed by atoms with Crippen molar-refractivity contribution in [1.82, 2.24) is 24.2 Å². The minimum atomic E-state index is -3.50. The topological polar surface area (TPSA) is 103 Å². The molecule has 1 saturated heterocycles. The molecule has 0 amide bonds. The molecule has 4 rings (SSSR count). The van der Waals surface area contributed by atoms with E-state index in [0.29, 0.717) is 36.4 Å². The summed E-state index contributed by atoms with van der Waals surface area (Å²) in [5, 5.41) is 0.596. The van der Waals surface area contributed by atoms with Crippen molar-refractivity contribution >= 4 is 26.7 Å². The number of H-pyrrole nitrogens is 1. The van der Waals surface area contributed by atoms with E-state index in [9.17, 15) is 13.2 Å². The average molecular weight is 457 g/mol. The molecule has 1 fully saturated rings. The van der Waals surface area contributed by atoms with Gasteiger partial charge in [0.05, 0.1) is 17.4 Å². The van der Waals surface area contributed by atoms with E-state index in [1.807, 2.05) is 32.0 Å². The number of hydrogen-bond acceptors (Lipinski definition) is 7. The van der Waals surface area contributed by atoms with Crippen LogP contribution in [0.2, 0.25) is 0 Å². The van der Waals surface area contributed by atoms with Crippen molar-refractivity contribution in [3.05, 3.63) is 58.8 Å². The lowest BCUT2D eigenvalue weighted by atomic mass is 10.2. The second-order valence-electron chi connectivity index (χ2n) is 7.73. The van der Waals surface area contributed by atoms with Gasteiger partial charge in [-0.2, -0.15) is 4.31 Å². The molecule has 9 nitrogen and oxygen atoms in total. The maximum absolute atomic E-state index is 12.6. The van der Waals surface area contributed by atoms with Crippen LogP contribution in [0.25, 0.3) is 10.9 Å². The van der Waals surface area contributed by atoms with Gasteiger partial charge in [0.1, 0.15) is 16.5 Å². The number of aromatic amines is 1. The van der Waals surface area contributed by atoms with E-state index < -0.39 is 10.0 Å². The molecule has 1 aliphatic heterocycles. The van der Waals surface area contributed by atoms with Crippen LogP contribution in [-0.4, -0.2) is 71.8 Å². The van der Waals surface area contributed by atoms with Crippen molar-refractivity contribution in [3.8, 4) is 0 Å². The van der Waals surface area contributed by atoms with Crippen LogP contribution < -0.4 is 10.5 Å². The number of sulfonamides is 1. The first-order valence-corrected chi connectivity index (χ1v) is 12.3. The lowest BCUT2D eigenvalue weighted by Gasteiger charge is -2.35. The number of anilines is 1. The van der Waals surface area contributed by atoms with Gasteiger partial charge in [-0.1, -0.05) is 26.0 Å². The first kappa shape index (κ1) is 22.4. The second kappa shape index (κ2) is 9.35. The number of rotatable bonds is 7. The Kier molecular flexibility index (Phi) is 6.54. The molecule has 0 aliphatic carbocycles. The zero-order valence-corrected chi connectivity index (χ0v) is 19.2. The molecule has 10 heteroatoms. The Morgan fingerprint density at radius 3 is 2.41 bits per heavy atom. The Morgan fingerprint density at radius 2 is 1.75 bits per heavy atom. The highest BCUT2D eigenvalue weighted by molar-refractivity contribution is 7.89. The molecule has 0 bridgehead atoms. The number of para-hydroxylation sites is 1. The van der Waals surface area contributed by atoms with E-state index in [0.717, 1.165) is 32.0 Å². The van der Waals surface area contributed by atoms with Crippen LogP contribution in [0.4, 0.5) is 5.82 Å². The van der Waals surface area contributed by atoms with Gasteiger partial charge in [-0.3, -0.25) is 9.69 Å². The summed E-state index contributed by atoms with van der Waals surface area (Å²) in [6.07, 6.45) is 1.44. The molecule has 1 N–H and O–H groups in total. The van der Waals surface area contributed by atoms with Crippen LogP contribution >= 0.6 is 0 Å². The maximum Gasteiger partial charge on any atom is 0.258 e. The molecule has 0 atom stereocenters. The number of aromatic nitrogens is 3. The summed E-state index contributed by atoms with van der Waals surface area (Å²) in [6.45, 7) is 8.17. The fourth-order valence-electron chi connectivity index (χ4n) is 3.98. The summed E-state index contributed by atoms with van der Waals surface area (Å²) >= 11 is 0. The number of nitrogens with one attached hydrogen (secondary N) is 1. The van der Waals surface area contributed by atoms with E-state index >= 15 is 0 Å². The SMILES string of the molecule is CCN(CC)S(=O)(=O)c1ccc(N2CCN(Cc3nc4ccccc4c(=O)[nH]3)CC2)nc1. The molecule has 32 heavy (non-hydrogen) atoms. The number of fused-ring (bicyclic) bond motifs is 1. The van der Waals surface area contributed by atoms with E-state index in [-0.39, 0.29) is 10.5 Å². The molecule has 0 radical (unpaired) electrons. The molecule has 3 aromatic rings. The Morgan fingerprint density at radius 1 is 1.03 bits per heavy atom. The Hall–Kier alpha value is -2.82. The molecule has 3 heterocycles. The van der Waals surface area contributed by atoms with Gasteiger partial charge in [0.25, 0.3) is 5.56 Å². The third kappa shape index (κ3) is 4.52. The molecule has 1 aromatic carbocycles. The lowest BCUT2D eigenvalue weighted by molar-refractivity contribution is 0.243. The van der Waals surface area contributed by atoms with Gasteiger partial charge in [0.2, 0.25) is 10.0 Å². The zero-order chi connectivity index (χ0) is 22.7. The average Bonchev–Trinajstić information content (AvgIpc) is 2.80. The Bertz CT molecular complexity index is 1230. The van der Waals surface area contributed by atoms with E-state index in [4.69, 9.17) is 0 Å². The standard InChI is InChI=1S/C22H28N6O3S/c1-3-28(4-2)32(30,31)17-9-10-21(23-15-17)27-13-11-26(12-14-27)16-20-24-19-8-6-5-7-18(19)22(29)25-20/h5-10,15H,3-4,11-14,16H2,1-2H3,(H,24,25,29). The highest BCUT2D eigenvalue weighted by Crippen LogP contribution is 2.19. The quantitative estimate of drug-likeness (QED) is 0.577. The summed E-state index contributed by atoms with van der Waals surface area (Å²) in [4.78, 5) is 28.8. The monoisotopic (exact) mass is 456 g/mol. The van der Waals surface area contributed by atoms with Gasteiger partial charge in [0, 0.05) is 45.5 Å². The fraction of sp³-hybridized carbons (Fsp3) is 0.409. The van der Waals surface area contributed by atoms with Gasteiger partial charge < -0.3 is 9.88 Å². The van der Waals surface area contributed by atoms with Crippen LogP contribution in [0, 0.1) is 0 Å². The highest BCUT2D eigenvalue weighted by Gasteiger charge is 2.23. The Labute approximate surface area is 187 Å². The minimum Gasteiger partial charge on any atom is -0.354 e. The lowest BCUT2D eigenvalue weighted by Crippen LogP contribution is -2.46. The van der Waals surface area contributed by atoms with Gasteiger partial charge in [-0.15, -0.1) is 0 Å². The predicted molar refractivity (Wildman–Crippen MR) is 124 cm³/mol. The molecular formula is C22H28N6O3S. The van der Waals surface area contributed by atoms with E-state index in [1.165, 1.54) is 10.5 Å². The van der Waals surface area contributed by atoms with Gasteiger partial charge >= 0.3 is 0 Å². The summed E-state index contributed by atoms with van der Waals surface area (Å²) in [5.41, 5.74) is 0.585. The van der Waals surface area contributed by atoms with Gasteiger partial charge in [-0.25, -0.2) is 18.4 Å². The third-order valence-corrected chi connectivity index (χ3v) is 7.83. The molecule has 0 unspecified atom stereocenters. The van der Waals surface area contributed by atoms with E-state index in [1.54, 1.807) is 18.2 Å². The van der Waals surface area contributed by atoms with Crippen molar-refractivity contribution in [3.63, 3.8) is 0 Å². The van der Waals surface area contributed by atoms with Crippen LogP contribution in [0.5, 0.6) is 0 Å².